The molecular formula is C12H20N2OS. The summed E-state index contributed by atoms with van der Waals surface area (Å²) in [5.41, 5.74) is 0.915. The molecule has 0 bridgehead atoms. The maximum Gasteiger partial charge on any atom is 0.262 e. The fraction of sp³-hybridized carbons (Fsp3) is 0.667. The first kappa shape index (κ1) is 13.2. The molecule has 0 aromatic carbocycles. The van der Waals surface area contributed by atoms with Gasteiger partial charge in [0.25, 0.3) is 5.91 Å². The van der Waals surface area contributed by atoms with Gasteiger partial charge in [-0.25, -0.2) is 0 Å². The first-order valence-electron chi connectivity index (χ1n) is 5.95. The Balaban J connectivity index is 2.11. The van der Waals surface area contributed by atoms with E-state index in [1.54, 1.807) is 0 Å². The predicted octanol–water partition coefficient (Wildman–Crippen LogP) is 3.15. The summed E-state index contributed by atoms with van der Waals surface area (Å²) >= 11 is 1.27. The van der Waals surface area contributed by atoms with Crippen LogP contribution in [0.25, 0.3) is 0 Å². The number of unbranched alkanes of at least 4 members (excludes halogenated alkanes) is 4. The van der Waals surface area contributed by atoms with Crippen molar-refractivity contribution in [2.75, 3.05) is 6.54 Å². The van der Waals surface area contributed by atoms with Gasteiger partial charge in [0, 0.05) is 6.54 Å². The van der Waals surface area contributed by atoms with Crippen LogP contribution in [0.15, 0.2) is 6.07 Å². The first-order chi connectivity index (χ1) is 7.74. The standard InChI is InChI=1S/C12H20N2OS/c1-3-4-5-6-7-8-13-12(15)11-9-10(2)14-16-11/h9H,3-8H2,1-2H3,(H,13,15). The molecule has 4 heteroatoms. The normalized spacial score (nSPS) is 10.4. The average molecular weight is 240 g/mol. The number of amides is 1. The molecule has 1 heterocycles. The number of aryl methyl sites for hydroxylation is 1. The van der Waals surface area contributed by atoms with Crippen molar-refractivity contribution < 1.29 is 4.79 Å². The number of aromatic nitrogens is 1. The smallest absolute Gasteiger partial charge is 0.262 e. The molecule has 0 saturated heterocycles. The Kier molecular flexibility index (Phi) is 6.08. The Morgan fingerprint density at radius 1 is 1.38 bits per heavy atom. The van der Waals surface area contributed by atoms with Gasteiger partial charge in [-0.3, -0.25) is 4.79 Å². The van der Waals surface area contributed by atoms with E-state index in [9.17, 15) is 4.79 Å². The minimum Gasteiger partial charge on any atom is -0.351 e. The van der Waals surface area contributed by atoms with Crippen LogP contribution in [-0.4, -0.2) is 16.8 Å². The zero-order valence-electron chi connectivity index (χ0n) is 10.1. The maximum absolute atomic E-state index is 11.6. The van der Waals surface area contributed by atoms with Gasteiger partial charge in [0.15, 0.2) is 0 Å². The average Bonchev–Trinajstić information content (AvgIpc) is 2.70. The molecule has 1 N–H and O–H groups in total. The summed E-state index contributed by atoms with van der Waals surface area (Å²) in [4.78, 5) is 12.3. The van der Waals surface area contributed by atoms with Gasteiger partial charge in [0.2, 0.25) is 0 Å². The van der Waals surface area contributed by atoms with Crippen molar-refractivity contribution in [2.45, 2.75) is 46.0 Å². The number of rotatable bonds is 7. The van der Waals surface area contributed by atoms with Crippen molar-refractivity contribution in [3.05, 3.63) is 16.6 Å². The van der Waals surface area contributed by atoms with Crippen LogP contribution in [0.2, 0.25) is 0 Å². The van der Waals surface area contributed by atoms with Crippen LogP contribution in [-0.2, 0) is 0 Å². The summed E-state index contributed by atoms with van der Waals surface area (Å²) in [6.45, 7) is 4.88. The highest BCUT2D eigenvalue weighted by Gasteiger charge is 2.07. The Hall–Kier alpha value is -0.900. The predicted molar refractivity (Wildman–Crippen MR) is 67.9 cm³/mol. The number of nitrogens with zero attached hydrogens (tertiary/aromatic N) is 1. The molecule has 0 saturated carbocycles. The number of carbonyl (C=O) groups is 1. The highest BCUT2D eigenvalue weighted by Crippen LogP contribution is 2.08. The molecule has 3 nitrogen and oxygen atoms in total. The molecule has 0 aliphatic heterocycles. The molecule has 16 heavy (non-hydrogen) atoms. The molecule has 0 radical (unpaired) electrons. The van der Waals surface area contributed by atoms with Crippen molar-refractivity contribution in [1.29, 1.82) is 0 Å². The van der Waals surface area contributed by atoms with Gasteiger partial charge in [-0.1, -0.05) is 32.6 Å². The number of hydrogen-bond donors (Lipinski definition) is 1. The topological polar surface area (TPSA) is 42.0 Å². The van der Waals surface area contributed by atoms with E-state index in [1.807, 2.05) is 13.0 Å². The van der Waals surface area contributed by atoms with Gasteiger partial charge in [0.05, 0.1) is 5.69 Å². The second-order valence-electron chi connectivity index (χ2n) is 4.00. The Morgan fingerprint density at radius 2 is 2.12 bits per heavy atom. The van der Waals surface area contributed by atoms with E-state index < -0.39 is 0 Å². The number of nitrogens with one attached hydrogen (secondary N) is 1. The molecule has 0 spiro atoms. The first-order valence-corrected chi connectivity index (χ1v) is 6.73. The Bertz CT molecular complexity index is 323. The van der Waals surface area contributed by atoms with Crippen LogP contribution in [0.5, 0.6) is 0 Å². The summed E-state index contributed by atoms with van der Waals surface area (Å²) in [5.74, 6) is 0.0149. The largest absolute Gasteiger partial charge is 0.351 e. The minimum absolute atomic E-state index is 0.0149. The molecule has 1 rings (SSSR count). The van der Waals surface area contributed by atoms with Gasteiger partial charge in [-0.05, 0) is 30.9 Å². The van der Waals surface area contributed by atoms with Crippen LogP contribution in [0.4, 0.5) is 0 Å². The van der Waals surface area contributed by atoms with Gasteiger partial charge in [-0.2, -0.15) is 4.37 Å². The lowest BCUT2D eigenvalue weighted by molar-refractivity contribution is 0.0957. The second kappa shape index (κ2) is 7.39. The highest BCUT2D eigenvalue weighted by molar-refractivity contribution is 7.08. The zero-order chi connectivity index (χ0) is 11.8. The summed E-state index contributed by atoms with van der Waals surface area (Å²) in [5, 5.41) is 2.92. The molecule has 0 aliphatic rings. The fourth-order valence-electron chi connectivity index (χ4n) is 1.49. The van der Waals surface area contributed by atoms with Crippen molar-refractivity contribution in [1.82, 2.24) is 9.69 Å². The molecule has 0 aliphatic carbocycles. The van der Waals surface area contributed by atoms with Crippen molar-refractivity contribution in [2.24, 2.45) is 0 Å². The van der Waals surface area contributed by atoms with Crippen molar-refractivity contribution in [3.8, 4) is 0 Å². The molecule has 1 aromatic rings. The number of carbonyl (C=O) groups excluding carboxylic acids is 1. The third-order valence-electron chi connectivity index (χ3n) is 2.42. The highest BCUT2D eigenvalue weighted by atomic mass is 32.1. The van der Waals surface area contributed by atoms with Crippen LogP contribution in [0.1, 0.15) is 54.4 Å². The lowest BCUT2D eigenvalue weighted by Gasteiger charge is -2.02. The van der Waals surface area contributed by atoms with Gasteiger partial charge in [-0.15, -0.1) is 0 Å². The fourth-order valence-corrected chi connectivity index (χ4v) is 2.16. The third kappa shape index (κ3) is 4.75. The quantitative estimate of drug-likeness (QED) is 0.744. The molecule has 0 fully saturated rings. The van der Waals surface area contributed by atoms with E-state index in [4.69, 9.17) is 0 Å². The number of hydrogen-bond acceptors (Lipinski definition) is 3. The lowest BCUT2D eigenvalue weighted by Crippen LogP contribution is -2.23. The summed E-state index contributed by atoms with van der Waals surface area (Å²) in [6.07, 6.45) is 6.10. The maximum atomic E-state index is 11.6. The molecule has 0 unspecified atom stereocenters. The minimum atomic E-state index is 0.0149. The molecule has 1 aromatic heterocycles. The second-order valence-corrected chi connectivity index (χ2v) is 4.81. The Labute approximate surface area is 101 Å². The van der Waals surface area contributed by atoms with E-state index in [2.05, 4.69) is 16.6 Å². The SMILES string of the molecule is CCCCCCCNC(=O)c1cc(C)ns1. The van der Waals surface area contributed by atoms with Gasteiger partial charge in [0.1, 0.15) is 4.88 Å². The van der Waals surface area contributed by atoms with Crippen LogP contribution < -0.4 is 5.32 Å². The molecular weight excluding hydrogens is 220 g/mol. The Morgan fingerprint density at radius 3 is 2.75 bits per heavy atom. The zero-order valence-corrected chi connectivity index (χ0v) is 10.9. The van der Waals surface area contributed by atoms with E-state index in [0.717, 1.165) is 18.7 Å². The van der Waals surface area contributed by atoms with Gasteiger partial charge < -0.3 is 5.32 Å². The van der Waals surface area contributed by atoms with E-state index in [1.165, 1.54) is 37.2 Å². The molecule has 90 valence electrons. The van der Waals surface area contributed by atoms with E-state index >= 15 is 0 Å². The summed E-state index contributed by atoms with van der Waals surface area (Å²) in [7, 11) is 0. The van der Waals surface area contributed by atoms with Crippen LogP contribution >= 0.6 is 11.5 Å². The summed E-state index contributed by atoms with van der Waals surface area (Å²) < 4.78 is 4.09. The monoisotopic (exact) mass is 240 g/mol. The van der Waals surface area contributed by atoms with E-state index in [-0.39, 0.29) is 5.91 Å². The third-order valence-corrected chi connectivity index (χ3v) is 3.30. The summed E-state index contributed by atoms with van der Waals surface area (Å²) in [6, 6.07) is 1.83. The molecule has 0 atom stereocenters. The molecule has 1 amide bonds. The van der Waals surface area contributed by atoms with E-state index in [0.29, 0.717) is 4.88 Å². The van der Waals surface area contributed by atoms with Gasteiger partial charge >= 0.3 is 0 Å². The van der Waals surface area contributed by atoms with Crippen LogP contribution in [0.3, 0.4) is 0 Å². The lowest BCUT2D eigenvalue weighted by atomic mass is 10.1. The van der Waals surface area contributed by atoms with Crippen molar-refractivity contribution in [3.63, 3.8) is 0 Å². The van der Waals surface area contributed by atoms with Crippen LogP contribution in [0, 0.1) is 6.92 Å². The van der Waals surface area contributed by atoms with Crippen molar-refractivity contribution >= 4 is 17.4 Å².